The van der Waals surface area contributed by atoms with E-state index in [4.69, 9.17) is 0 Å². The highest BCUT2D eigenvalue weighted by molar-refractivity contribution is 6.36. The first kappa shape index (κ1) is 19.0. The van der Waals surface area contributed by atoms with E-state index in [0.717, 1.165) is 11.1 Å². The highest BCUT2D eigenvalue weighted by Gasteiger charge is 2.65. The minimum atomic E-state index is -1.72. The zero-order valence-corrected chi connectivity index (χ0v) is 15.7. The smallest absolute Gasteiger partial charge is 0.184 e. The molecule has 0 saturated heterocycles. The fraction of sp³-hybridized carbons (Fsp3) is 0.292. The number of rotatable bonds is 6. The van der Waals surface area contributed by atoms with Crippen molar-refractivity contribution < 1.29 is 14.4 Å². The molecule has 0 amide bonds. The molecule has 0 heterocycles. The molecule has 2 aliphatic rings. The zero-order valence-electron chi connectivity index (χ0n) is 15.7. The summed E-state index contributed by atoms with van der Waals surface area (Å²) in [4.78, 5) is 40.9. The van der Waals surface area contributed by atoms with Gasteiger partial charge < -0.3 is 0 Å². The van der Waals surface area contributed by atoms with Crippen LogP contribution in [-0.4, -0.2) is 17.3 Å². The maximum atomic E-state index is 13.8. The standard InChI is InChI=1S/C24H24O3/c1-5-10-19-17(4)23(13-6-2)14-16(3)15-24(21(19)26,22(23)27)20(25)18-11-8-7-9-12-18/h5-9,11-12H,1-3,10,13-15H2,4H3. The Morgan fingerprint density at radius 2 is 1.78 bits per heavy atom. The maximum absolute atomic E-state index is 13.8. The summed E-state index contributed by atoms with van der Waals surface area (Å²) in [5, 5.41) is 0. The van der Waals surface area contributed by atoms with Crippen molar-refractivity contribution in [2.24, 2.45) is 10.8 Å². The van der Waals surface area contributed by atoms with Crippen LogP contribution in [0.2, 0.25) is 0 Å². The van der Waals surface area contributed by atoms with Gasteiger partial charge in [0.15, 0.2) is 22.8 Å². The SMILES string of the molecule is C=CCC1=C(C)C2(CC=C)CC(=C)CC(C(=O)c3ccccc3)(C1=O)C2=O. The van der Waals surface area contributed by atoms with E-state index in [1.165, 1.54) is 0 Å². The molecule has 1 aromatic carbocycles. The van der Waals surface area contributed by atoms with Gasteiger partial charge in [-0.05, 0) is 32.6 Å². The molecule has 0 spiro atoms. The number of ketones is 3. The van der Waals surface area contributed by atoms with E-state index in [1.807, 2.05) is 6.92 Å². The predicted octanol–water partition coefficient (Wildman–Crippen LogP) is 4.81. The molecule has 3 nitrogen and oxygen atoms in total. The van der Waals surface area contributed by atoms with E-state index in [0.29, 0.717) is 30.4 Å². The molecule has 1 aromatic rings. The molecule has 27 heavy (non-hydrogen) atoms. The van der Waals surface area contributed by atoms with Crippen molar-refractivity contribution in [3.63, 3.8) is 0 Å². The van der Waals surface area contributed by atoms with Crippen molar-refractivity contribution in [3.05, 3.63) is 84.5 Å². The summed E-state index contributed by atoms with van der Waals surface area (Å²) < 4.78 is 0. The Balaban J connectivity index is 2.32. The number of hydrogen-bond donors (Lipinski definition) is 0. The van der Waals surface area contributed by atoms with E-state index in [-0.39, 0.29) is 18.0 Å². The van der Waals surface area contributed by atoms with Crippen LogP contribution in [0.3, 0.4) is 0 Å². The van der Waals surface area contributed by atoms with Crippen LogP contribution in [0.4, 0.5) is 0 Å². The monoisotopic (exact) mass is 360 g/mol. The largest absolute Gasteiger partial charge is 0.297 e. The maximum Gasteiger partial charge on any atom is 0.184 e. The molecule has 0 radical (unpaired) electrons. The first-order chi connectivity index (χ1) is 12.8. The van der Waals surface area contributed by atoms with Crippen LogP contribution in [-0.2, 0) is 9.59 Å². The van der Waals surface area contributed by atoms with E-state index >= 15 is 0 Å². The fourth-order valence-corrected chi connectivity index (χ4v) is 4.71. The molecule has 3 heteroatoms. The van der Waals surface area contributed by atoms with E-state index in [9.17, 15) is 14.4 Å². The van der Waals surface area contributed by atoms with Crippen molar-refractivity contribution in [1.29, 1.82) is 0 Å². The summed E-state index contributed by atoms with van der Waals surface area (Å²) in [7, 11) is 0. The summed E-state index contributed by atoms with van der Waals surface area (Å²) in [6.45, 7) is 13.5. The van der Waals surface area contributed by atoms with Crippen molar-refractivity contribution in [1.82, 2.24) is 0 Å². The Morgan fingerprint density at radius 1 is 1.11 bits per heavy atom. The van der Waals surface area contributed by atoms with E-state index in [1.54, 1.807) is 42.5 Å². The highest BCUT2D eigenvalue weighted by atomic mass is 16.2. The van der Waals surface area contributed by atoms with Gasteiger partial charge in [0.2, 0.25) is 0 Å². The number of carbonyl (C=O) groups is 3. The van der Waals surface area contributed by atoms with Crippen LogP contribution < -0.4 is 0 Å². The summed E-state index contributed by atoms with van der Waals surface area (Å²) >= 11 is 0. The van der Waals surface area contributed by atoms with Crippen molar-refractivity contribution >= 4 is 17.3 Å². The van der Waals surface area contributed by atoms with Crippen LogP contribution in [0.1, 0.15) is 43.0 Å². The van der Waals surface area contributed by atoms with Crippen LogP contribution in [0.25, 0.3) is 0 Å². The van der Waals surface area contributed by atoms with Crippen molar-refractivity contribution in [3.8, 4) is 0 Å². The summed E-state index contributed by atoms with van der Waals surface area (Å²) in [5.74, 6) is -1.12. The van der Waals surface area contributed by atoms with E-state index < -0.39 is 16.6 Å². The molecule has 1 fully saturated rings. The minimum Gasteiger partial charge on any atom is -0.297 e. The minimum absolute atomic E-state index is 0.0746. The van der Waals surface area contributed by atoms with Gasteiger partial charge >= 0.3 is 0 Å². The van der Waals surface area contributed by atoms with Crippen molar-refractivity contribution in [2.45, 2.75) is 32.6 Å². The molecule has 2 unspecified atom stereocenters. The molecule has 0 N–H and O–H groups in total. The molecule has 2 bridgehead atoms. The molecule has 138 valence electrons. The average Bonchev–Trinajstić information content (AvgIpc) is 2.67. The second kappa shape index (κ2) is 6.73. The first-order valence-corrected chi connectivity index (χ1v) is 9.13. The predicted molar refractivity (Wildman–Crippen MR) is 106 cm³/mol. The Morgan fingerprint density at radius 3 is 2.37 bits per heavy atom. The van der Waals surface area contributed by atoms with Gasteiger partial charge in [-0.3, -0.25) is 14.4 Å². The highest BCUT2D eigenvalue weighted by Crippen LogP contribution is 2.58. The lowest BCUT2D eigenvalue weighted by molar-refractivity contribution is -0.145. The quantitative estimate of drug-likeness (QED) is 0.415. The molecule has 0 aromatic heterocycles. The lowest BCUT2D eigenvalue weighted by Gasteiger charge is -2.50. The normalized spacial score (nSPS) is 27.5. The number of hydrogen-bond acceptors (Lipinski definition) is 3. The molecule has 0 aliphatic heterocycles. The average molecular weight is 360 g/mol. The molecular formula is C24H24O3. The molecule has 2 aliphatic carbocycles. The lowest BCUT2D eigenvalue weighted by atomic mass is 9.48. The summed E-state index contributed by atoms with van der Waals surface area (Å²) in [5.41, 5.74) is -0.256. The Bertz CT molecular complexity index is 903. The lowest BCUT2D eigenvalue weighted by Crippen LogP contribution is -2.60. The van der Waals surface area contributed by atoms with Crippen LogP contribution in [0.5, 0.6) is 0 Å². The zero-order chi connectivity index (χ0) is 19.8. The fourth-order valence-electron chi connectivity index (χ4n) is 4.71. The van der Waals surface area contributed by atoms with Gasteiger partial charge in [-0.1, -0.05) is 60.2 Å². The third-order valence-corrected chi connectivity index (χ3v) is 5.99. The van der Waals surface area contributed by atoms with Gasteiger partial charge in [0.05, 0.1) is 5.41 Å². The van der Waals surface area contributed by atoms with Crippen LogP contribution in [0.15, 0.2) is 78.9 Å². The van der Waals surface area contributed by atoms with Gasteiger partial charge in [0.1, 0.15) is 0 Å². The van der Waals surface area contributed by atoms with Gasteiger partial charge in [0, 0.05) is 11.1 Å². The molecule has 3 rings (SSSR count). The van der Waals surface area contributed by atoms with Gasteiger partial charge in [-0.15, -0.1) is 13.2 Å². The van der Waals surface area contributed by atoms with Gasteiger partial charge in [-0.25, -0.2) is 0 Å². The second-order valence-electron chi connectivity index (χ2n) is 7.53. The number of Topliss-reactive ketones (excluding diaryl/α,β-unsaturated/α-hetero) is 3. The number of allylic oxidation sites excluding steroid dienone is 5. The number of carbonyl (C=O) groups excluding carboxylic acids is 3. The molecule has 2 atom stereocenters. The first-order valence-electron chi connectivity index (χ1n) is 9.13. The Hall–Kier alpha value is -2.81. The third kappa shape index (κ3) is 2.53. The molecular weight excluding hydrogens is 336 g/mol. The topological polar surface area (TPSA) is 51.2 Å². The third-order valence-electron chi connectivity index (χ3n) is 5.99. The number of benzene rings is 1. The van der Waals surface area contributed by atoms with Crippen LogP contribution in [0, 0.1) is 10.8 Å². The van der Waals surface area contributed by atoms with Crippen LogP contribution >= 0.6 is 0 Å². The summed E-state index contributed by atoms with van der Waals surface area (Å²) in [6.07, 6.45) is 4.59. The van der Waals surface area contributed by atoms with Gasteiger partial charge in [0.25, 0.3) is 0 Å². The van der Waals surface area contributed by atoms with Crippen molar-refractivity contribution in [2.75, 3.05) is 0 Å². The number of fused-ring (bicyclic) bond motifs is 2. The molecule has 1 saturated carbocycles. The summed E-state index contributed by atoms with van der Waals surface area (Å²) in [6, 6.07) is 8.59. The van der Waals surface area contributed by atoms with E-state index in [2.05, 4.69) is 19.7 Å². The Kier molecular flexibility index (Phi) is 4.73. The van der Waals surface area contributed by atoms with Gasteiger partial charge in [-0.2, -0.15) is 0 Å². The Labute approximate surface area is 160 Å². The second-order valence-corrected chi connectivity index (χ2v) is 7.53.